The predicted molar refractivity (Wildman–Crippen MR) is 71.0 cm³/mol. The average molecular weight is 253 g/mol. The van der Waals surface area contributed by atoms with Crippen LogP contribution in [-0.2, 0) is 0 Å². The molecule has 0 aliphatic rings. The van der Waals surface area contributed by atoms with Gasteiger partial charge in [0.2, 0.25) is 0 Å². The summed E-state index contributed by atoms with van der Waals surface area (Å²) in [5, 5.41) is 10.0. The van der Waals surface area contributed by atoms with Gasteiger partial charge in [-0.3, -0.25) is 0 Å². The molecule has 3 heterocycles. The molecule has 0 fully saturated rings. The van der Waals surface area contributed by atoms with Crippen molar-refractivity contribution in [1.82, 2.24) is 15.0 Å². The summed E-state index contributed by atoms with van der Waals surface area (Å²) in [6.45, 7) is 1.85. The number of nitrogens with one attached hydrogen (secondary N) is 1. The number of aromatic nitrogens is 3. The minimum Gasteiger partial charge on any atom is -0.477 e. The van der Waals surface area contributed by atoms with Gasteiger partial charge in [-0.15, -0.1) is 0 Å². The van der Waals surface area contributed by atoms with Gasteiger partial charge in [-0.1, -0.05) is 0 Å². The van der Waals surface area contributed by atoms with Gasteiger partial charge in [0, 0.05) is 23.3 Å². The van der Waals surface area contributed by atoms with Gasteiger partial charge in [-0.25, -0.2) is 14.8 Å². The second-order valence-corrected chi connectivity index (χ2v) is 4.32. The molecule has 0 aromatic carbocycles. The predicted octanol–water partition coefficient (Wildman–Crippen LogP) is 2.63. The van der Waals surface area contributed by atoms with Gasteiger partial charge in [0.15, 0.2) is 0 Å². The smallest absolute Gasteiger partial charge is 0.354 e. The average Bonchev–Trinajstić information content (AvgIpc) is 2.85. The number of carbonyl (C=O) groups is 1. The molecule has 3 aromatic rings. The zero-order chi connectivity index (χ0) is 13.4. The first-order chi connectivity index (χ1) is 9.15. The Kier molecular flexibility index (Phi) is 2.52. The number of fused-ring (bicyclic) bond motifs is 1. The van der Waals surface area contributed by atoms with E-state index in [-0.39, 0.29) is 5.69 Å². The summed E-state index contributed by atoms with van der Waals surface area (Å²) in [5.74, 6) is -1.02. The summed E-state index contributed by atoms with van der Waals surface area (Å²) in [5.41, 5.74) is 3.19. The summed E-state index contributed by atoms with van der Waals surface area (Å²) in [7, 11) is 0. The van der Waals surface area contributed by atoms with Crippen molar-refractivity contribution >= 4 is 17.0 Å². The number of hydrogen-bond donors (Lipinski definition) is 2. The standard InChI is InChI=1S/C14H11N3O2/c1-8-6-11(17-12(7-8)14(18)19)9-2-4-15-13-10(9)3-5-16-13/h2-7H,1H3,(H,15,16)(H,18,19). The molecule has 2 N–H and O–H groups in total. The molecule has 0 spiro atoms. The maximum Gasteiger partial charge on any atom is 0.354 e. The van der Waals surface area contributed by atoms with Gasteiger partial charge in [0.25, 0.3) is 0 Å². The van der Waals surface area contributed by atoms with Crippen LogP contribution in [0.25, 0.3) is 22.3 Å². The summed E-state index contributed by atoms with van der Waals surface area (Å²) >= 11 is 0. The molecule has 0 atom stereocenters. The second kappa shape index (κ2) is 4.20. The Labute approximate surface area is 109 Å². The third kappa shape index (κ3) is 1.95. The van der Waals surface area contributed by atoms with Crippen LogP contribution in [0.15, 0.2) is 36.7 Å². The normalized spacial score (nSPS) is 10.8. The highest BCUT2D eigenvalue weighted by Crippen LogP contribution is 2.26. The summed E-state index contributed by atoms with van der Waals surface area (Å²) in [6, 6.07) is 7.17. The van der Waals surface area contributed by atoms with Gasteiger partial charge in [0.05, 0.1) is 5.69 Å². The van der Waals surface area contributed by atoms with E-state index in [9.17, 15) is 4.79 Å². The first-order valence-corrected chi connectivity index (χ1v) is 5.79. The van der Waals surface area contributed by atoms with Crippen molar-refractivity contribution in [3.05, 3.63) is 47.9 Å². The van der Waals surface area contributed by atoms with Crippen LogP contribution in [0.2, 0.25) is 0 Å². The molecule has 3 rings (SSSR count). The van der Waals surface area contributed by atoms with Gasteiger partial charge >= 0.3 is 5.97 Å². The highest BCUT2D eigenvalue weighted by molar-refractivity contribution is 5.93. The highest BCUT2D eigenvalue weighted by atomic mass is 16.4. The zero-order valence-corrected chi connectivity index (χ0v) is 10.2. The third-order valence-corrected chi connectivity index (χ3v) is 2.92. The number of pyridine rings is 2. The van der Waals surface area contributed by atoms with Crippen LogP contribution in [-0.4, -0.2) is 26.0 Å². The molecule has 0 unspecified atom stereocenters. The molecule has 19 heavy (non-hydrogen) atoms. The molecule has 0 saturated heterocycles. The Morgan fingerprint density at radius 1 is 1.32 bits per heavy atom. The lowest BCUT2D eigenvalue weighted by atomic mass is 10.1. The molecule has 0 aliphatic carbocycles. The van der Waals surface area contributed by atoms with Crippen LogP contribution < -0.4 is 0 Å². The van der Waals surface area contributed by atoms with E-state index in [1.54, 1.807) is 18.5 Å². The SMILES string of the molecule is Cc1cc(C(=O)O)nc(-c2ccnc3[nH]ccc23)c1. The van der Waals surface area contributed by atoms with Crippen molar-refractivity contribution in [3.8, 4) is 11.3 Å². The number of hydrogen-bond acceptors (Lipinski definition) is 3. The van der Waals surface area contributed by atoms with Crippen molar-refractivity contribution in [2.24, 2.45) is 0 Å². The third-order valence-electron chi connectivity index (χ3n) is 2.92. The fraction of sp³-hybridized carbons (Fsp3) is 0.0714. The molecular weight excluding hydrogens is 242 g/mol. The van der Waals surface area contributed by atoms with Gasteiger partial charge in [0.1, 0.15) is 11.3 Å². The van der Waals surface area contributed by atoms with Crippen LogP contribution in [0.3, 0.4) is 0 Å². The first-order valence-electron chi connectivity index (χ1n) is 5.79. The molecule has 0 bridgehead atoms. The lowest BCUT2D eigenvalue weighted by molar-refractivity contribution is 0.0690. The molecule has 5 nitrogen and oxygen atoms in total. The van der Waals surface area contributed by atoms with Crippen LogP contribution in [0.1, 0.15) is 16.1 Å². The molecule has 0 radical (unpaired) electrons. The van der Waals surface area contributed by atoms with Crippen LogP contribution >= 0.6 is 0 Å². The minimum atomic E-state index is -1.02. The largest absolute Gasteiger partial charge is 0.477 e. The van der Waals surface area contributed by atoms with Crippen molar-refractivity contribution in [2.75, 3.05) is 0 Å². The number of carboxylic acid groups (broad SMARTS) is 1. The van der Waals surface area contributed by atoms with Gasteiger partial charge in [-0.2, -0.15) is 0 Å². The Morgan fingerprint density at radius 2 is 2.16 bits per heavy atom. The number of rotatable bonds is 2. The van der Waals surface area contributed by atoms with E-state index >= 15 is 0 Å². The van der Waals surface area contributed by atoms with E-state index in [0.717, 1.165) is 22.2 Å². The molecule has 94 valence electrons. The Bertz CT molecular complexity index is 777. The van der Waals surface area contributed by atoms with E-state index in [4.69, 9.17) is 5.11 Å². The molecule has 0 aliphatic heterocycles. The first kappa shape index (κ1) is 11.4. The maximum atomic E-state index is 11.1. The van der Waals surface area contributed by atoms with Crippen LogP contribution in [0, 0.1) is 6.92 Å². The van der Waals surface area contributed by atoms with Crippen molar-refractivity contribution in [3.63, 3.8) is 0 Å². The Morgan fingerprint density at radius 3 is 2.95 bits per heavy atom. The summed E-state index contributed by atoms with van der Waals surface area (Å²) < 4.78 is 0. The number of aromatic carboxylic acids is 1. The van der Waals surface area contributed by atoms with E-state index in [1.807, 2.05) is 25.1 Å². The van der Waals surface area contributed by atoms with Gasteiger partial charge in [-0.05, 0) is 36.8 Å². The lowest BCUT2D eigenvalue weighted by Crippen LogP contribution is -2.02. The molecule has 3 aromatic heterocycles. The quantitative estimate of drug-likeness (QED) is 0.735. The maximum absolute atomic E-state index is 11.1. The molecule has 0 saturated carbocycles. The second-order valence-electron chi connectivity index (χ2n) is 4.32. The number of aromatic amines is 1. The number of H-pyrrole nitrogens is 1. The molecule has 5 heteroatoms. The Hall–Kier alpha value is -2.69. The summed E-state index contributed by atoms with van der Waals surface area (Å²) in [6.07, 6.45) is 3.48. The minimum absolute atomic E-state index is 0.0514. The van der Waals surface area contributed by atoms with Crippen molar-refractivity contribution in [1.29, 1.82) is 0 Å². The lowest BCUT2D eigenvalue weighted by Gasteiger charge is -2.05. The molecular formula is C14H11N3O2. The molecule has 0 amide bonds. The van der Waals surface area contributed by atoms with E-state index < -0.39 is 5.97 Å². The van der Waals surface area contributed by atoms with E-state index in [2.05, 4.69) is 15.0 Å². The monoisotopic (exact) mass is 253 g/mol. The Balaban J connectivity index is 2.26. The zero-order valence-electron chi connectivity index (χ0n) is 10.2. The summed E-state index contributed by atoms with van der Waals surface area (Å²) in [4.78, 5) is 22.5. The van der Waals surface area contributed by atoms with Crippen LogP contribution in [0.4, 0.5) is 0 Å². The van der Waals surface area contributed by atoms with E-state index in [0.29, 0.717) is 5.69 Å². The fourth-order valence-electron chi connectivity index (χ4n) is 2.10. The van der Waals surface area contributed by atoms with Crippen molar-refractivity contribution < 1.29 is 9.90 Å². The fourth-order valence-corrected chi connectivity index (χ4v) is 2.10. The van der Waals surface area contributed by atoms with Crippen LogP contribution in [0.5, 0.6) is 0 Å². The number of nitrogens with zero attached hydrogens (tertiary/aromatic N) is 2. The number of aryl methyl sites for hydroxylation is 1. The highest BCUT2D eigenvalue weighted by Gasteiger charge is 2.11. The van der Waals surface area contributed by atoms with E-state index in [1.165, 1.54) is 0 Å². The number of carboxylic acids is 1. The van der Waals surface area contributed by atoms with Crippen molar-refractivity contribution in [2.45, 2.75) is 6.92 Å². The van der Waals surface area contributed by atoms with Gasteiger partial charge < -0.3 is 10.1 Å². The topological polar surface area (TPSA) is 78.9 Å².